The molecule has 2 atom stereocenters. The van der Waals surface area contributed by atoms with Crippen LogP contribution in [-0.2, 0) is 4.79 Å². The number of carbonyl (C=O) groups excluding carboxylic acids is 2. The van der Waals surface area contributed by atoms with Gasteiger partial charge in [0.2, 0.25) is 5.91 Å². The molecule has 0 aromatic heterocycles. The molecule has 1 aliphatic carbocycles. The number of nitrogens with one attached hydrogen (secondary N) is 1. The molecule has 5 nitrogen and oxygen atoms in total. The summed E-state index contributed by atoms with van der Waals surface area (Å²) in [5, 5.41) is 3.11. The summed E-state index contributed by atoms with van der Waals surface area (Å²) in [4.78, 5) is 27.6. The lowest BCUT2D eigenvalue weighted by Crippen LogP contribution is -2.36. The van der Waals surface area contributed by atoms with Gasteiger partial charge in [-0.3, -0.25) is 9.59 Å². The number of para-hydroxylation sites is 1. The molecule has 4 rings (SSSR count). The smallest absolute Gasteiger partial charge is 0.253 e. The van der Waals surface area contributed by atoms with Crippen LogP contribution in [0.15, 0.2) is 54.6 Å². The molecule has 2 amide bonds. The highest BCUT2D eigenvalue weighted by molar-refractivity contribution is 5.95. The Balaban J connectivity index is 1.62. The number of hydrogen-bond donors (Lipinski definition) is 1. The molecular weight excluding hydrogens is 340 g/mol. The molecular formula is C22H24N2O3. The van der Waals surface area contributed by atoms with Crippen LogP contribution in [0.4, 0.5) is 0 Å². The predicted molar refractivity (Wildman–Crippen MR) is 103 cm³/mol. The van der Waals surface area contributed by atoms with E-state index in [1.54, 1.807) is 12.0 Å². The fourth-order valence-electron chi connectivity index (χ4n) is 3.82. The van der Waals surface area contributed by atoms with Crippen LogP contribution in [0, 0.1) is 5.92 Å². The molecule has 1 aliphatic heterocycles. The summed E-state index contributed by atoms with van der Waals surface area (Å²) in [5.74, 6) is 0.428. The second-order valence-electron chi connectivity index (χ2n) is 7.31. The molecule has 5 heteroatoms. The number of methoxy groups -OCH3 is 1. The van der Waals surface area contributed by atoms with Gasteiger partial charge in [-0.1, -0.05) is 36.4 Å². The van der Waals surface area contributed by atoms with Crippen LogP contribution in [0.1, 0.15) is 34.7 Å². The van der Waals surface area contributed by atoms with Gasteiger partial charge in [0.05, 0.1) is 13.0 Å². The van der Waals surface area contributed by atoms with E-state index in [1.165, 1.54) is 0 Å². The highest BCUT2D eigenvalue weighted by Gasteiger charge is 2.42. The lowest BCUT2D eigenvalue weighted by molar-refractivity contribution is -0.125. The Kier molecular flexibility index (Phi) is 4.84. The van der Waals surface area contributed by atoms with Crippen molar-refractivity contribution < 1.29 is 14.3 Å². The zero-order valence-corrected chi connectivity index (χ0v) is 15.4. The number of hydrogen-bond acceptors (Lipinski definition) is 3. The molecule has 1 N–H and O–H groups in total. The summed E-state index contributed by atoms with van der Waals surface area (Å²) >= 11 is 0. The average Bonchev–Trinajstić information content (AvgIpc) is 3.42. The van der Waals surface area contributed by atoms with Crippen LogP contribution in [0.25, 0.3) is 0 Å². The summed E-state index contributed by atoms with van der Waals surface area (Å²) in [6, 6.07) is 17.3. The summed E-state index contributed by atoms with van der Waals surface area (Å²) in [5.41, 5.74) is 1.64. The van der Waals surface area contributed by atoms with Crippen molar-refractivity contribution in [2.45, 2.75) is 24.8 Å². The highest BCUT2D eigenvalue weighted by Crippen LogP contribution is 2.38. The topological polar surface area (TPSA) is 58.6 Å². The Bertz CT molecular complexity index is 832. The Morgan fingerprint density at radius 2 is 1.70 bits per heavy atom. The van der Waals surface area contributed by atoms with E-state index in [9.17, 15) is 9.59 Å². The van der Waals surface area contributed by atoms with Gasteiger partial charge in [0, 0.05) is 30.6 Å². The monoisotopic (exact) mass is 364 g/mol. The van der Waals surface area contributed by atoms with E-state index in [2.05, 4.69) is 5.32 Å². The first-order valence-corrected chi connectivity index (χ1v) is 9.45. The van der Waals surface area contributed by atoms with Crippen LogP contribution in [0.5, 0.6) is 5.75 Å². The third kappa shape index (κ3) is 3.68. The van der Waals surface area contributed by atoms with Crippen molar-refractivity contribution in [3.63, 3.8) is 0 Å². The Morgan fingerprint density at radius 1 is 1.00 bits per heavy atom. The molecule has 27 heavy (non-hydrogen) atoms. The van der Waals surface area contributed by atoms with Gasteiger partial charge in [-0.05, 0) is 36.6 Å². The zero-order chi connectivity index (χ0) is 18.8. The third-order valence-electron chi connectivity index (χ3n) is 5.43. The quantitative estimate of drug-likeness (QED) is 0.888. The van der Waals surface area contributed by atoms with Gasteiger partial charge < -0.3 is 15.0 Å². The first-order valence-electron chi connectivity index (χ1n) is 9.45. The van der Waals surface area contributed by atoms with Crippen LogP contribution in [-0.4, -0.2) is 43.0 Å². The average molecular weight is 364 g/mol. The van der Waals surface area contributed by atoms with Crippen molar-refractivity contribution in [1.82, 2.24) is 10.2 Å². The minimum absolute atomic E-state index is 0.0304. The molecule has 1 saturated heterocycles. The van der Waals surface area contributed by atoms with Gasteiger partial charge >= 0.3 is 0 Å². The molecule has 2 aromatic carbocycles. The second kappa shape index (κ2) is 7.43. The minimum Gasteiger partial charge on any atom is -0.496 e. The highest BCUT2D eigenvalue weighted by atomic mass is 16.5. The predicted octanol–water partition coefficient (Wildman–Crippen LogP) is 2.83. The normalized spacial score (nSPS) is 21.7. The molecule has 0 radical (unpaired) electrons. The summed E-state index contributed by atoms with van der Waals surface area (Å²) in [6.07, 6.45) is 2.09. The first-order chi connectivity index (χ1) is 13.2. The van der Waals surface area contributed by atoms with Gasteiger partial charge in [0.25, 0.3) is 5.91 Å². The third-order valence-corrected chi connectivity index (χ3v) is 5.43. The number of benzene rings is 2. The SMILES string of the molecule is COc1ccccc1C1CN(C(=O)c2ccccc2)CC1C(=O)NC1CC1. The van der Waals surface area contributed by atoms with Gasteiger partial charge in [0.15, 0.2) is 0 Å². The lowest BCUT2D eigenvalue weighted by Gasteiger charge is -2.20. The van der Waals surface area contributed by atoms with E-state index in [0.717, 1.165) is 24.2 Å². The summed E-state index contributed by atoms with van der Waals surface area (Å²) in [7, 11) is 1.64. The van der Waals surface area contributed by atoms with Crippen molar-refractivity contribution in [1.29, 1.82) is 0 Å². The van der Waals surface area contributed by atoms with Crippen molar-refractivity contribution in [3.05, 3.63) is 65.7 Å². The molecule has 1 heterocycles. The van der Waals surface area contributed by atoms with Crippen LogP contribution < -0.4 is 10.1 Å². The number of carbonyl (C=O) groups is 2. The Morgan fingerprint density at radius 3 is 2.41 bits per heavy atom. The van der Waals surface area contributed by atoms with Gasteiger partial charge in [-0.2, -0.15) is 0 Å². The lowest BCUT2D eigenvalue weighted by atomic mass is 9.87. The molecule has 2 aromatic rings. The van der Waals surface area contributed by atoms with Crippen molar-refractivity contribution in [3.8, 4) is 5.75 Å². The number of nitrogens with zero attached hydrogens (tertiary/aromatic N) is 1. The van der Waals surface area contributed by atoms with Crippen LogP contribution in [0.2, 0.25) is 0 Å². The first kappa shape index (κ1) is 17.6. The van der Waals surface area contributed by atoms with Crippen LogP contribution in [0.3, 0.4) is 0 Å². The van der Waals surface area contributed by atoms with Gasteiger partial charge in [-0.25, -0.2) is 0 Å². The zero-order valence-electron chi connectivity index (χ0n) is 15.4. The Hall–Kier alpha value is -2.82. The molecule has 140 valence electrons. The molecule has 2 aliphatic rings. The van der Waals surface area contributed by atoms with Crippen molar-refractivity contribution >= 4 is 11.8 Å². The molecule has 2 unspecified atom stereocenters. The summed E-state index contributed by atoms with van der Waals surface area (Å²) < 4.78 is 5.52. The van der Waals surface area contributed by atoms with Gasteiger partial charge in [0.1, 0.15) is 5.75 Å². The number of likely N-dealkylation sites (tertiary alicyclic amines) is 1. The number of rotatable bonds is 5. The minimum atomic E-state index is -0.269. The van der Waals surface area contributed by atoms with E-state index in [4.69, 9.17) is 4.74 Å². The Labute approximate surface area is 159 Å². The maximum absolute atomic E-state index is 12.9. The summed E-state index contributed by atoms with van der Waals surface area (Å²) in [6.45, 7) is 0.936. The largest absolute Gasteiger partial charge is 0.496 e. The maximum Gasteiger partial charge on any atom is 0.253 e. The van der Waals surface area contributed by atoms with Gasteiger partial charge in [-0.15, -0.1) is 0 Å². The fourth-order valence-corrected chi connectivity index (χ4v) is 3.82. The number of ether oxygens (including phenoxy) is 1. The van der Waals surface area contributed by atoms with E-state index in [-0.39, 0.29) is 23.7 Å². The second-order valence-corrected chi connectivity index (χ2v) is 7.31. The molecule has 0 bridgehead atoms. The van der Waals surface area contributed by atoms with Crippen molar-refractivity contribution in [2.75, 3.05) is 20.2 Å². The molecule has 0 spiro atoms. The molecule has 2 fully saturated rings. The van der Waals surface area contributed by atoms with E-state index in [0.29, 0.717) is 24.7 Å². The van der Waals surface area contributed by atoms with E-state index < -0.39 is 0 Å². The standard InChI is InChI=1S/C22H24N2O3/c1-27-20-10-6-5-9-17(20)18-13-24(22(26)15-7-3-2-4-8-15)14-19(18)21(25)23-16-11-12-16/h2-10,16,18-19H,11-14H2,1H3,(H,23,25). The van der Waals surface area contributed by atoms with E-state index in [1.807, 2.05) is 54.6 Å². The number of amides is 2. The van der Waals surface area contributed by atoms with Crippen molar-refractivity contribution in [2.24, 2.45) is 5.92 Å². The maximum atomic E-state index is 12.9. The van der Waals surface area contributed by atoms with Crippen LogP contribution >= 0.6 is 0 Å². The molecule has 1 saturated carbocycles. The fraction of sp³-hybridized carbons (Fsp3) is 0.364. The van der Waals surface area contributed by atoms with E-state index >= 15 is 0 Å².